The highest BCUT2D eigenvalue weighted by molar-refractivity contribution is 5.62. The van der Waals surface area contributed by atoms with E-state index in [1.54, 1.807) is 0 Å². The fraction of sp³-hybridized carbons (Fsp3) is 0.522. The van der Waals surface area contributed by atoms with Gasteiger partial charge in [0.2, 0.25) is 0 Å². The molecule has 3 N–H and O–H groups in total. The maximum Gasteiger partial charge on any atom is 0.389 e. The normalized spacial score (nSPS) is 21.5. The Hall–Kier alpha value is -2.14. The molecule has 0 spiro atoms. The third kappa shape index (κ3) is 6.06. The second kappa shape index (κ2) is 9.61. The molecule has 0 amide bonds. The number of rotatable bonds is 8. The highest BCUT2D eigenvalue weighted by Gasteiger charge is 2.44. The SMILES string of the molecule is CC(C)(O)c1cc(C2(CN)CC(OCCCC(F)(F)F)CO2)nc(-c2ccc(F)cc2)c1F. The van der Waals surface area contributed by atoms with Crippen LogP contribution in [0, 0.1) is 11.6 Å². The molecule has 1 saturated heterocycles. The molecule has 10 heteroatoms. The number of benzene rings is 1. The van der Waals surface area contributed by atoms with Crippen LogP contribution in [0.15, 0.2) is 30.3 Å². The molecule has 0 saturated carbocycles. The zero-order valence-electron chi connectivity index (χ0n) is 18.4. The summed E-state index contributed by atoms with van der Waals surface area (Å²) in [5, 5.41) is 10.6. The van der Waals surface area contributed by atoms with Crippen LogP contribution in [0.2, 0.25) is 0 Å². The minimum atomic E-state index is -4.25. The van der Waals surface area contributed by atoms with Gasteiger partial charge in [0.05, 0.1) is 24.0 Å². The van der Waals surface area contributed by atoms with Crippen LogP contribution >= 0.6 is 0 Å². The number of nitrogens with zero attached hydrogens (tertiary/aromatic N) is 1. The first-order chi connectivity index (χ1) is 15.3. The smallest absolute Gasteiger partial charge is 0.386 e. The van der Waals surface area contributed by atoms with Gasteiger partial charge in [0, 0.05) is 37.1 Å². The van der Waals surface area contributed by atoms with Crippen molar-refractivity contribution >= 4 is 0 Å². The highest BCUT2D eigenvalue weighted by Crippen LogP contribution is 2.40. The van der Waals surface area contributed by atoms with E-state index < -0.39 is 41.5 Å². The van der Waals surface area contributed by atoms with E-state index in [1.807, 2.05) is 0 Å². The Morgan fingerprint density at radius 1 is 1.21 bits per heavy atom. The van der Waals surface area contributed by atoms with E-state index in [9.17, 15) is 22.7 Å². The van der Waals surface area contributed by atoms with E-state index >= 15 is 4.39 Å². The first-order valence-corrected chi connectivity index (χ1v) is 10.6. The van der Waals surface area contributed by atoms with E-state index in [4.69, 9.17) is 15.2 Å². The fourth-order valence-corrected chi connectivity index (χ4v) is 3.80. The molecule has 1 aliphatic heterocycles. The van der Waals surface area contributed by atoms with Crippen LogP contribution in [-0.2, 0) is 20.7 Å². The molecular weight excluding hydrogens is 447 g/mol. The Bertz CT molecular complexity index is 960. The zero-order valence-corrected chi connectivity index (χ0v) is 18.4. The third-order valence-electron chi connectivity index (χ3n) is 5.59. The van der Waals surface area contributed by atoms with Crippen molar-refractivity contribution in [3.05, 3.63) is 53.2 Å². The van der Waals surface area contributed by atoms with Crippen molar-refractivity contribution in [2.24, 2.45) is 5.73 Å². The van der Waals surface area contributed by atoms with Crippen molar-refractivity contribution in [2.45, 2.75) is 56.6 Å². The van der Waals surface area contributed by atoms with Gasteiger partial charge < -0.3 is 20.3 Å². The highest BCUT2D eigenvalue weighted by atomic mass is 19.4. The predicted octanol–water partition coefficient (Wildman–Crippen LogP) is 4.56. The molecule has 2 aromatic rings. The number of aliphatic hydroxyl groups is 1. The molecule has 3 rings (SSSR count). The minimum Gasteiger partial charge on any atom is -0.386 e. The molecule has 182 valence electrons. The van der Waals surface area contributed by atoms with E-state index in [2.05, 4.69) is 4.98 Å². The lowest BCUT2D eigenvalue weighted by Crippen LogP contribution is -2.37. The topological polar surface area (TPSA) is 77.6 Å². The lowest BCUT2D eigenvalue weighted by Gasteiger charge is -2.29. The Morgan fingerprint density at radius 3 is 2.45 bits per heavy atom. The van der Waals surface area contributed by atoms with E-state index in [0.29, 0.717) is 5.56 Å². The van der Waals surface area contributed by atoms with Crippen molar-refractivity contribution in [2.75, 3.05) is 19.8 Å². The second-order valence-corrected chi connectivity index (χ2v) is 8.71. The number of hydrogen-bond acceptors (Lipinski definition) is 5. The van der Waals surface area contributed by atoms with Gasteiger partial charge in [-0.15, -0.1) is 0 Å². The van der Waals surface area contributed by atoms with Crippen molar-refractivity contribution in [3.63, 3.8) is 0 Å². The summed E-state index contributed by atoms with van der Waals surface area (Å²) in [5.74, 6) is -1.26. The van der Waals surface area contributed by atoms with Crippen LogP contribution in [0.4, 0.5) is 22.0 Å². The average molecular weight is 474 g/mol. The minimum absolute atomic E-state index is 0.0437. The molecule has 5 nitrogen and oxygen atoms in total. The Labute approximate surface area is 188 Å². The van der Waals surface area contributed by atoms with E-state index in [-0.39, 0.29) is 49.6 Å². The molecule has 2 atom stereocenters. The van der Waals surface area contributed by atoms with Gasteiger partial charge in [0.25, 0.3) is 0 Å². The Kier molecular flexibility index (Phi) is 7.42. The Balaban J connectivity index is 1.91. The van der Waals surface area contributed by atoms with Crippen molar-refractivity contribution in [1.29, 1.82) is 0 Å². The van der Waals surface area contributed by atoms with Crippen LogP contribution in [0.5, 0.6) is 0 Å². The molecule has 2 unspecified atom stereocenters. The van der Waals surface area contributed by atoms with Gasteiger partial charge in [-0.3, -0.25) is 0 Å². The third-order valence-corrected chi connectivity index (χ3v) is 5.59. The molecule has 1 aliphatic rings. The lowest BCUT2D eigenvalue weighted by atomic mass is 9.88. The number of aromatic nitrogens is 1. The number of halogens is 5. The first-order valence-electron chi connectivity index (χ1n) is 10.6. The Morgan fingerprint density at radius 2 is 1.88 bits per heavy atom. The standard InChI is InChI=1S/C23H27F5N2O3/c1-21(2,31)17-10-18(30-20(19(17)25)14-4-6-15(24)7-5-14)22(13-29)11-16(12-33-22)32-9-3-8-23(26,27)28/h4-7,10,16,31H,3,8-9,11-13,29H2,1-2H3. The molecule has 1 fully saturated rings. The monoisotopic (exact) mass is 474 g/mol. The van der Waals surface area contributed by atoms with Crippen molar-refractivity contribution in [1.82, 2.24) is 4.98 Å². The summed E-state index contributed by atoms with van der Waals surface area (Å²) in [6, 6.07) is 6.46. The van der Waals surface area contributed by atoms with Gasteiger partial charge in [-0.05, 0) is 50.6 Å². The maximum absolute atomic E-state index is 15.3. The fourth-order valence-electron chi connectivity index (χ4n) is 3.80. The second-order valence-electron chi connectivity index (χ2n) is 8.71. The number of nitrogens with two attached hydrogens (primary N) is 1. The van der Waals surface area contributed by atoms with Gasteiger partial charge >= 0.3 is 6.18 Å². The lowest BCUT2D eigenvalue weighted by molar-refractivity contribution is -0.138. The van der Waals surface area contributed by atoms with E-state index in [1.165, 1.54) is 44.2 Å². The van der Waals surface area contributed by atoms with Crippen LogP contribution < -0.4 is 5.73 Å². The molecule has 0 bridgehead atoms. The van der Waals surface area contributed by atoms with Gasteiger partial charge in [-0.1, -0.05) is 0 Å². The van der Waals surface area contributed by atoms with Gasteiger partial charge in [0.1, 0.15) is 17.1 Å². The summed E-state index contributed by atoms with van der Waals surface area (Å²) in [6.45, 7) is 2.76. The summed E-state index contributed by atoms with van der Waals surface area (Å²) < 4.78 is 77.2. The molecule has 2 heterocycles. The number of pyridine rings is 1. The summed E-state index contributed by atoms with van der Waals surface area (Å²) in [4.78, 5) is 4.42. The van der Waals surface area contributed by atoms with Crippen molar-refractivity contribution in [3.8, 4) is 11.3 Å². The number of ether oxygens (including phenoxy) is 2. The largest absolute Gasteiger partial charge is 0.389 e. The summed E-state index contributed by atoms with van der Waals surface area (Å²) in [5.41, 5.74) is 3.66. The molecule has 0 aliphatic carbocycles. The quantitative estimate of drug-likeness (QED) is 0.434. The molecular formula is C23H27F5N2O3. The van der Waals surface area contributed by atoms with Crippen LogP contribution in [0.25, 0.3) is 11.3 Å². The molecule has 1 aromatic heterocycles. The van der Waals surface area contributed by atoms with Gasteiger partial charge in [-0.25, -0.2) is 13.8 Å². The molecule has 1 aromatic carbocycles. The zero-order chi connectivity index (χ0) is 24.4. The van der Waals surface area contributed by atoms with Crippen LogP contribution in [-0.4, -0.2) is 42.1 Å². The molecule has 33 heavy (non-hydrogen) atoms. The summed E-state index contributed by atoms with van der Waals surface area (Å²) in [7, 11) is 0. The van der Waals surface area contributed by atoms with E-state index in [0.717, 1.165) is 0 Å². The summed E-state index contributed by atoms with van der Waals surface area (Å²) >= 11 is 0. The van der Waals surface area contributed by atoms with Gasteiger partial charge in [0.15, 0.2) is 5.82 Å². The van der Waals surface area contributed by atoms with Crippen molar-refractivity contribution < 1.29 is 36.5 Å². The molecule has 0 radical (unpaired) electrons. The van der Waals surface area contributed by atoms with Gasteiger partial charge in [-0.2, -0.15) is 13.2 Å². The first kappa shape index (κ1) is 25.5. The maximum atomic E-state index is 15.3. The number of alkyl halides is 3. The van der Waals surface area contributed by atoms with Crippen LogP contribution in [0.3, 0.4) is 0 Å². The average Bonchev–Trinajstić information content (AvgIpc) is 3.15. The predicted molar refractivity (Wildman–Crippen MR) is 111 cm³/mol. The van der Waals surface area contributed by atoms with Crippen LogP contribution in [0.1, 0.15) is 44.4 Å². The number of hydrogen-bond donors (Lipinski definition) is 2. The summed E-state index contributed by atoms with van der Waals surface area (Å²) in [6.07, 6.45) is -5.70.